The lowest BCUT2D eigenvalue weighted by Crippen LogP contribution is -2.07. The minimum Gasteiger partial charge on any atom is -0.466 e. The Balaban J connectivity index is 1.93. The van der Waals surface area contributed by atoms with E-state index in [4.69, 9.17) is 4.74 Å². The largest absolute Gasteiger partial charge is 0.466 e. The molecule has 0 spiro atoms. The Morgan fingerprint density at radius 2 is 2.10 bits per heavy atom. The minimum absolute atomic E-state index is 0.198. The monoisotopic (exact) mass is 283 g/mol. The second-order valence-corrected chi connectivity index (χ2v) is 4.89. The first-order chi connectivity index (χ1) is 10.2. The highest BCUT2D eigenvalue weighted by Gasteiger charge is 2.14. The van der Waals surface area contributed by atoms with Gasteiger partial charge in [-0.1, -0.05) is 30.3 Å². The van der Waals surface area contributed by atoms with Crippen molar-refractivity contribution in [3.05, 3.63) is 47.8 Å². The van der Waals surface area contributed by atoms with Gasteiger partial charge in [-0.25, -0.2) is 9.50 Å². The lowest BCUT2D eigenvalue weighted by atomic mass is 10.1. The van der Waals surface area contributed by atoms with E-state index in [1.54, 1.807) is 6.92 Å². The molecule has 5 heteroatoms. The number of benzene rings is 1. The zero-order chi connectivity index (χ0) is 14.8. The first-order valence-corrected chi connectivity index (χ1v) is 6.96. The van der Waals surface area contributed by atoms with Crippen LogP contribution in [0.1, 0.15) is 18.2 Å². The predicted molar refractivity (Wildman–Crippen MR) is 80.1 cm³/mol. The summed E-state index contributed by atoms with van der Waals surface area (Å²) in [5.41, 5.74) is 4.78. The highest BCUT2D eigenvalue weighted by atomic mass is 16.5. The Hall–Kier alpha value is -2.56. The molecule has 21 heavy (non-hydrogen) atoms. The summed E-state index contributed by atoms with van der Waals surface area (Å²) in [6, 6.07) is 10.1. The van der Waals surface area contributed by atoms with Gasteiger partial charge in [0.25, 0.3) is 0 Å². The molecule has 0 fully saturated rings. The summed E-state index contributed by atoms with van der Waals surface area (Å²) in [5, 5.41) is 3.31. The molecule has 0 radical (unpaired) electrons. The number of H-pyrrole nitrogens is 1. The molecule has 0 aliphatic heterocycles. The molecule has 3 rings (SSSR count). The van der Waals surface area contributed by atoms with Crippen molar-refractivity contribution in [3.8, 4) is 11.3 Å². The molecule has 2 heterocycles. The van der Waals surface area contributed by atoms with Crippen LogP contribution in [-0.2, 0) is 16.0 Å². The van der Waals surface area contributed by atoms with Gasteiger partial charge in [0.1, 0.15) is 0 Å². The van der Waals surface area contributed by atoms with Crippen molar-refractivity contribution >= 4 is 11.6 Å². The van der Waals surface area contributed by atoms with E-state index in [1.165, 1.54) is 0 Å². The Bertz CT molecular complexity index is 772. The molecule has 0 aliphatic carbocycles. The van der Waals surface area contributed by atoms with Crippen LogP contribution in [0.25, 0.3) is 16.9 Å². The summed E-state index contributed by atoms with van der Waals surface area (Å²) in [4.78, 5) is 16.0. The quantitative estimate of drug-likeness (QED) is 0.749. The molecule has 0 bridgehead atoms. The van der Waals surface area contributed by atoms with Crippen molar-refractivity contribution in [2.24, 2.45) is 0 Å². The lowest BCUT2D eigenvalue weighted by molar-refractivity contribution is -0.142. The summed E-state index contributed by atoms with van der Waals surface area (Å²) in [7, 11) is 0. The van der Waals surface area contributed by atoms with E-state index < -0.39 is 0 Å². The van der Waals surface area contributed by atoms with Gasteiger partial charge in [-0.3, -0.25) is 9.89 Å². The number of esters is 1. The predicted octanol–water partition coefficient (Wildman–Crippen LogP) is 2.74. The zero-order valence-corrected chi connectivity index (χ0v) is 12.1. The number of rotatable bonds is 4. The molecule has 1 aromatic carbocycles. The van der Waals surface area contributed by atoms with E-state index in [0.717, 1.165) is 22.5 Å². The Morgan fingerprint density at radius 3 is 2.76 bits per heavy atom. The third-order valence-corrected chi connectivity index (χ3v) is 3.39. The average molecular weight is 283 g/mol. The van der Waals surface area contributed by atoms with Crippen LogP contribution in [0.5, 0.6) is 0 Å². The minimum atomic E-state index is -0.251. The fourth-order valence-electron chi connectivity index (χ4n) is 2.43. The highest BCUT2D eigenvalue weighted by molar-refractivity contribution is 5.73. The second kappa shape index (κ2) is 5.44. The standard InChI is InChI=1S/C16H17N3O2/c1-3-21-14(20)9-13-10-19-16(17-13)11(2)15(18-19)12-7-5-4-6-8-12/h4-8,10,18H,3,9H2,1-2H3. The van der Waals surface area contributed by atoms with Gasteiger partial charge in [-0.15, -0.1) is 0 Å². The average Bonchev–Trinajstić information content (AvgIpc) is 2.99. The van der Waals surface area contributed by atoms with E-state index >= 15 is 0 Å². The van der Waals surface area contributed by atoms with E-state index in [0.29, 0.717) is 12.3 Å². The van der Waals surface area contributed by atoms with Crippen molar-refractivity contribution in [1.29, 1.82) is 0 Å². The smallest absolute Gasteiger partial charge is 0.311 e. The number of nitrogens with one attached hydrogen (secondary N) is 1. The van der Waals surface area contributed by atoms with Gasteiger partial charge in [0.05, 0.1) is 30.6 Å². The van der Waals surface area contributed by atoms with Crippen LogP contribution in [0.4, 0.5) is 0 Å². The zero-order valence-electron chi connectivity index (χ0n) is 12.1. The van der Waals surface area contributed by atoms with E-state index in [1.807, 2.05) is 35.8 Å². The number of nitrogens with zero attached hydrogens (tertiary/aromatic N) is 2. The van der Waals surface area contributed by atoms with Crippen LogP contribution in [0.15, 0.2) is 36.5 Å². The fourth-order valence-corrected chi connectivity index (χ4v) is 2.43. The normalized spacial score (nSPS) is 11.0. The highest BCUT2D eigenvalue weighted by Crippen LogP contribution is 2.24. The number of carbonyl (C=O) groups is 1. The Kier molecular flexibility index (Phi) is 3.48. The SMILES string of the molecule is CCOC(=O)Cc1cn2[nH]c(-c3ccccc3)c(C)c2n1. The van der Waals surface area contributed by atoms with E-state index in [-0.39, 0.29) is 12.4 Å². The lowest BCUT2D eigenvalue weighted by Gasteiger charge is -1.99. The molecule has 108 valence electrons. The topological polar surface area (TPSA) is 59.4 Å². The molecule has 2 aromatic heterocycles. The number of aromatic amines is 1. The van der Waals surface area contributed by atoms with Gasteiger partial charge in [-0.2, -0.15) is 0 Å². The van der Waals surface area contributed by atoms with Crippen LogP contribution in [-0.4, -0.2) is 27.2 Å². The molecule has 0 unspecified atom stereocenters. The first kappa shape index (κ1) is 13.4. The van der Waals surface area contributed by atoms with Gasteiger partial charge >= 0.3 is 5.97 Å². The van der Waals surface area contributed by atoms with Crippen LogP contribution < -0.4 is 0 Å². The summed E-state index contributed by atoms with van der Waals surface area (Å²) >= 11 is 0. The van der Waals surface area contributed by atoms with E-state index in [2.05, 4.69) is 22.2 Å². The van der Waals surface area contributed by atoms with Crippen molar-refractivity contribution < 1.29 is 9.53 Å². The van der Waals surface area contributed by atoms with Crippen LogP contribution in [0, 0.1) is 6.92 Å². The summed E-state index contributed by atoms with van der Waals surface area (Å²) in [6.45, 7) is 4.21. The molecule has 5 nitrogen and oxygen atoms in total. The van der Waals surface area contributed by atoms with Crippen molar-refractivity contribution in [3.63, 3.8) is 0 Å². The number of imidazole rings is 1. The van der Waals surface area contributed by atoms with Gasteiger partial charge in [-0.05, 0) is 19.4 Å². The van der Waals surface area contributed by atoms with Crippen LogP contribution in [0.3, 0.4) is 0 Å². The fraction of sp³-hybridized carbons (Fsp3) is 0.250. The van der Waals surface area contributed by atoms with Crippen LogP contribution >= 0.6 is 0 Å². The third kappa shape index (κ3) is 2.54. The summed E-state index contributed by atoms with van der Waals surface area (Å²) in [6.07, 6.45) is 2.04. The molecule has 0 atom stereocenters. The van der Waals surface area contributed by atoms with Crippen molar-refractivity contribution in [1.82, 2.24) is 14.6 Å². The number of carbonyl (C=O) groups excluding carboxylic acids is 1. The van der Waals surface area contributed by atoms with Crippen LogP contribution in [0.2, 0.25) is 0 Å². The third-order valence-electron chi connectivity index (χ3n) is 3.39. The molecular weight excluding hydrogens is 266 g/mol. The summed E-state index contributed by atoms with van der Waals surface area (Å²) in [5.74, 6) is -0.251. The van der Waals surface area contributed by atoms with Gasteiger partial charge in [0, 0.05) is 5.56 Å². The van der Waals surface area contributed by atoms with Crippen molar-refractivity contribution in [2.45, 2.75) is 20.3 Å². The molecule has 0 amide bonds. The molecule has 1 N–H and O–H groups in total. The summed E-state index contributed by atoms with van der Waals surface area (Å²) < 4.78 is 6.80. The number of aromatic nitrogens is 3. The number of aryl methyl sites for hydroxylation is 1. The molecule has 0 saturated carbocycles. The van der Waals surface area contributed by atoms with E-state index in [9.17, 15) is 4.79 Å². The Morgan fingerprint density at radius 1 is 1.33 bits per heavy atom. The number of fused-ring (bicyclic) bond motifs is 1. The maximum atomic E-state index is 11.5. The maximum Gasteiger partial charge on any atom is 0.311 e. The Labute approximate surface area is 122 Å². The second-order valence-electron chi connectivity index (χ2n) is 4.89. The molecular formula is C16H17N3O2. The maximum absolute atomic E-state index is 11.5. The van der Waals surface area contributed by atoms with Gasteiger partial charge in [0.2, 0.25) is 0 Å². The molecule has 0 aliphatic rings. The molecule has 3 aromatic rings. The van der Waals surface area contributed by atoms with Crippen molar-refractivity contribution in [2.75, 3.05) is 6.61 Å². The van der Waals surface area contributed by atoms with Gasteiger partial charge < -0.3 is 4.74 Å². The molecule has 0 saturated heterocycles. The number of ether oxygens (including phenoxy) is 1. The number of hydrogen-bond acceptors (Lipinski definition) is 3. The number of hydrogen-bond donors (Lipinski definition) is 1. The first-order valence-electron chi connectivity index (χ1n) is 6.96. The van der Waals surface area contributed by atoms with Gasteiger partial charge in [0.15, 0.2) is 5.65 Å².